The molecule has 0 fully saturated rings. The second-order valence-corrected chi connectivity index (χ2v) is 8.90. The van der Waals surface area contributed by atoms with E-state index in [1.54, 1.807) is 44.4 Å². The van der Waals surface area contributed by atoms with Crippen molar-refractivity contribution >= 4 is 35.1 Å². The van der Waals surface area contributed by atoms with Gasteiger partial charge in [0.2, 0.25) is 5.91 Å². The molecular formula is C27H35N5O6. The number of carbonyl (C=O) groups excluding carboxylic acids is 4. The summed E-state index contributed by atoms with van der Waals surface area (Å²) in [7, 11) is 3.27. The van der Waals surface area contributed by atoms with Gasteiger partial charge < -0.3 is 29.8 Å². The molecule has 0 saturated heterocycles. The third-order valence-electron chi connectivity index (χ3n) is 5.67. The Kier molecular flexibility index (Phi) is 11.9. The minimum Gasteiger partial charge on any atom is -0.507 e. The highest BCUT2D eigenvalue weighted by Gasteiger charge is 2.13. The van der Waals surface area contributed by atoms with Crippen LogP contribution in [0.25, 0.3) is 0 Å². The van der Waals surface area contributed by atoms with Gasteiger partial charge >= 0.3 is 6.09 Å². The number of rotatable bonds is 13. The Hall–Kier alpha value is -4.28. The number of ketones is 1. The molecule has 0 aliphatic rings. The number of unbranched alkanes of at least 4 members (excludes halogenated alkanes) is 1. The van der Waals surface area contributed by atoms with E-state index in [-0.39, 0.29) is 29.6 Å². The lowest BCUT2D eigenvalue weighted by molar-refractivity contribution is -0.127. The molecule has 0 radical (unpaired) electrons. The van der Waals surface area contributed by atoms with Crippen molar-refractivity contribution in [2.75, 3.05) is 33.7 Å². The zero-order valence-electron chi connectivity index (χ0n) is 22.3. The molecule has 2 aromatic carbocycles. The van der Waals surface area contributed by atoms with E-state index in [1.807, 2.05) is 0 Å². The average molecular weight is 526 g/mol. The van der Waals surface area contributed by atoms with Crippen LogP contribution in [0.3, 0.4) is 0 Å². The van der Waals surface area contributed by atoms with E-state index in [1.165, 1.54) is 35.8 Å². The molecule has 2 rings (SSSR count). The van der Waals surface area contributed by atoms with Crippen molar-refractivity contribution in [3.63, 3.8) is 0 Å². The van der Waals surface area contributed by atoms with Gasteiger partial charge in [-0.15, -0.1) is 0 Å². The smallest absolute Gasteiger partial charge is 0.409 e. The van der Waals surface area contributed by atoms with Gasteiger partial charge in [0.25, 0.3) is 5.91 Å². The number of hydrogen-bond acceptors (Lipinski definition) is 8. The third-order valence-corrected chi connectivity index (χ3v) is 5.67. The molecule has 0 aliphatic carbocycles. The average Bonchev–Trinajstić information content (AvgIpc) is 2.89. The Balaban J connectivity index is 1.87. The molecule has 38 heavy (non-hydrogen) atoms. The van der Waals surface area contributed by atoms with Gasteiger partial charge in [-0.1, -0.05) is 12.1 Å². The van der Waals surface area contributed by atoms with Crippen LogP contribution >= 0.6 is 0 Å². The van der Waals surface area contributed by atoms with Gasteiger partial charge in [0, 0.05) is 47.1 Å². The van der Waals surface area contributed by atoms with Crippen molar-refractivity contribution in [1.29, 1.82) is 0 Å². The molecule has 0 aromatic heterocycles. The number of Topliss-reactive ketones (excluding diaryl/α,β-unsaturated/α-hetero) is 1. The van der Waals surface area contributed by atoms with Crippen LogP contribution < -0.4 is 5.32 Å². The predicted molar refractivity (Wildman–Crippen MR) is 142 cm³/mol. The van der Waals surface area contributed by atoms with E-state index in [0.717, 1.165) is 5.56 Å². The van der Waals surface area contributed by atoms with Crippen LogP contribution in [-0.2, 0) is 20.9 Å². The lowest BCUT2D eigenvalue weighted by Crippen LogP contribution is -2.36. The minimum absolute atomic E-state index is 0.0750. The topological polar surface area (TPSA) is 141 Å². The van der Waals surface area contributed by atoms with E-state index in [9.17, 15) is 24.3 Å². The number of aromatic hydroxyl groups is 1. The highest BCUT2D eigenvalue weighted by atomic mass is 16.6. The zero-order valence-corrected chi connectivity index (χ0v) is 22.3. The van der Waals surface area contributed by atoms with Crippen LogP contribution in [0.15, 0.2) is 52.7 Å². The van der Waals surface area contributed by atoms with Crippen LogP contribution in [0.1, 0.15) is 49.0 Å². The van der Waals surface area contributed by atoms with Crippen LogP contribution in [0, 0.1) is 0 Å². The first-order valence-electron chi connectivity index (χ1n) is 12.3. The lowest BCUT2D eigenvalue weighted by Gasteiger charge is -2.21. The third kappa shape index (κ3) is 10.4. The number of likely N-dealkylation sites (N-methyl/N-ethyl adjacent to an activating group) is 2. The largest absolute Gasteiger partial charge is 0.507 e. The van der Waals surface area contributed by atoms with Gasteiger partial charge in [-0.2, -0.15) is 10.2 Å². The van der Waals surface area contributed by atoms with Gasteiger partial charge in [-0.25, -0.2) is 4.79 Å². The number of ether oxygens (including phenoxy) is 1. The normalized spacial score (nSPS) is 10.7. The number of phenols is 1. The van der Waals surface area contributed by atoms with Crippen LogP contribution in [0.4, 0.5) is 16.2 Å². The molecule has 0 atom stereocenters. The van der Waals surface area contributed by atoms with E-state index in [4.69, 9.17) is 4.74 Å². The summed E-state index contributed by atoms with van der Waals surface area (Å²) in [5, 5.41) is 21.1. The second kappa shape index (κ2) is 15.1. The Bertz CT molecular complexity index is 1150. The van der Waals surface area contributed by atoms with Crippen molar-refractivity contribution in [1.82, 2.24) is 15.1 Å². The number of benzene rings is 2. The number of nitrogens with one attached hydrogen (secondary N) is 1. The van der Waals surface area contributed by atoms with E-state index >= 15 is 0 Å². The SMILES string of the molecule is CC(=O)CCCCNC(=O)c1cc(/N=N/c2ccc(COC(=O)N(C)CCN(C)C(C)=O)cc2)ccc1O. The minimum atomic E-state index is -0.492. The first-order valence-corrected chi connectivity index (χ1v) is 12.3. The fourth-order valence-electron chi connectivity index (χ4n) is 3.14. The van der Waals surface area contributed by atoms with Crippen LogP contribution in [0.5, 0.6) is 5.75 Å². The summed E-state index contributed by atoms with van der Waals surface area (Å²) in [6.45, 7) is 4.24. The summed E-state index contributed by atoms with van der Waals surface area (Å²) in [4.78, 5) is 49.7. The maximum atomic E-state index is 12.4. The summed E-state index contributed by atoms with van der Waals surface area (Å²) in [5.74, 6) is -0.563. The molecule has 11 nitrogen and oxygen atoms in total. The van der Waals surface area contributed by atoms with Crippen molar-refractivity contribution < 1.29 is 29.0 Å². The highest BCUT2D eigenvalue weighted by Crippen LogP contribution is 2.25. The Morgan fingerprint density at radius 3 is 2.18 bits per heavy atom. The summed E-state index contributed by atoms with van der Waals surface area (Å²) in [6, 6.07) is 11.3. The molecule has 0 unspecified atom stereocenters. The van der Waals surface area contributed by atoms with Crippen molar-refractivity contribution in [2.24, 2.45) is 10.2 Å². The number of nitrogens with zero attached hydrogens (tertiary/aromatic N) is 4. The fourth-order valence-corrected chi connectivity index (χ4v) is 3.14. The maximum Gasteiger partial charge on any atom is 0.409 e. The standard InChI is InChI=1S/C27H35N5O6/c1-19(33)7-5-6-14-28-26(36)24-17-23(12-13-25(24)35)30-29-22-10-8-21(9-11-22)18-38-27(37)32(4)16-15-31(3)20(2)34/h8-13,17,35H,5-7,14-16,18H2,1-4H3,(H,28,36)/b30-29+. The van der Waals surface area contributed by atoms with Crippen molar-refractivity contribution in [2.45, 2.75) is 39.7 Å². The highest BCUT2D eigenvalue weighted by molar-refractivity contribution is 5.97. The lowest BCUT2D eigenvalue weighted by atomic mass is 10.1. The maximum absolute atomic E-state index is 12.4. The number of amides is 3. The summed E-state index contributed by atoms with van der Waals surface area (Å²) in [6.07, 6.45) is 1.33. The first-order chi connectivity index (χ1) is 18.1. The molecule has 3 amide bonds. The second-order valence-electron chi connectivity index (χ2n) is 8.90. The summed E-state index contributed by atoms with van der Waals surface area (Å²) in [5.41, 5.74) is 1.79. The van der Waals surface area contributed by atoms with E-state index in [2.05, 4.69) is 15.5 Å². The van der Waals surface area contributed by atoms with Crippen molar-refractivity contribution in [3.8, 4) is 5.75 Å². The van der Waals surface area contributed by atoms with Crippen molar-refractivity contribution in [3.05, 3.63) is 53.6 Å². The molecule has 2 N–H and O–H groups in total. The van der Waals surface area contributed by atoms with Gasteiger partial charge in [0.15, 0.2) is 0 Å². The van der Waals surface area contributed by atoms with Gasteiger partial charge in [-0.05, 0) is 55.7 Å². The van der Waals surface area contributed by atoms with Crippen LogP contribution in [0.2, 0.25) is 0 Å². The molecule has 2 aromatic rings. The predicted octanol–water partition coefficient (Wildman–Crippen LogP) is 4.34. The molecular weight excluding hydrogens is 490 g/mol. The molecule has 0 heterocycles. The molecule has 0 spiro atoms. The molecule has 204 valence electrons. The monoisotopic (exact) mass is 525 g/mol. The summed E-state index contributed by atoms with van der Waals surface area (Å²) < 4.78 is 5.30. The van der Waals surface area contributed by atoms with Crippen LogP contribution in [-0.4, -0.2) is 72.3 Å². The first kappa shape index (κ1) is 29.9. The number of hydrogen-bond donors (Lipinski definition) is 2. The zero-order chi connectivity index (χ0) is 28.1. The number of carbonyl (C=O) groups is 4. The van der Waals surface area contributed by atoms with E-state index < -0.39 is 12.0 Å². The number of azo groups is 1. The molecule has 0 bridgehead atoms. The van der Waals surface area contributed by atoms with Gasteiger partial charge in [0.1, 0.15) is 18.1 Å². The van der Waals surface area contributed by atoms with Gasteiger partial charge in [0.05, 0.1) is 16.9 Å². The Morgan fingerprint density at radius 1 is 0.895 bits per heavy atom. The van der Waals surface area contributed by atoms with E-state index in [0.29, 0.717) is 50.3 Å². The molecule has 11 heteroatoms. The fraction of sp³-hybridized carbons (Fsp3) is 0.407. The number of phenolic OH excluding ortho intramolecular Hbond substituents is 1. The Morgan fingerprint density at radius 2 is 1.53 bits per heavy atom. The summed E-state index contributed by atoms with van der Waals surface area (Å²) >= 11 is 0. The molecule has 0 aliphatic heterocycles. The molecule has 0 saturated carbocycles. The Labute approximate surface area is 222 Å². The quantitative estimate of drug-likeness (QED) is 0.294. The van der Waals surface area contributed by atoms with Gasteiger partial charge in [-0.3, -0.25) is 9.59 Å².